The van der Waals surface area contributed by atoms with Crippen LogP contribution < -0.4 is 4.57 Å². The van der Waals surface area contributed by atoms with E-state index in [4.69, 9.17) is 0 Å². The number of aromatic nitrogens is 1. The predicted molar refractivity (Wildman–Crippen MR) is 119 cm³/mol. The first-order valence-corrected chi connectivity index (χ1v) is 10.8. The van der Waals surface area contributed by atoms with Crippen LogP contribution in [0, 0.1) is 13.8 Å². The summed E-state index contributed by atoms with van der Waals surface area (Å²) < 4.78 is 3.71. The highest BCUT2D eigenvalue weighted by atomic mass is 32.1. The van der Waals surface area contributed by atoms with E-state index in [0.717, 1.165) is 0 Å². The van der Waals surface area contributed by atoms with Gasteiger partial charge in [-0.2, -0.15) is 4.57 Å². The van der Waals surface area contributed by atoms with Gasteiger partial charge in [0.15, 0.2) is 5.69 Å². The molecular formula is C25H28NS+. The van der Waals surface area contributed by atoms with E-state index < -0.39 is 0 Å². The molecule has 0 spiro atoms. The van der Waals surface area contributed by atoms with Crippen LogP contribution in [0.2, 0.25) is 0 Å². The molecule has 0 radical (unpaired) electrons. The predicted octanol–water partition coefficient (Wildman–Crippen LogP) is 7.07. The van der Waals surface area contributed by atoms with Crippen LogP contribution in [0.1, 0.15) is 49.4 Å². The Morgan fingerprint density at radius 1 is 0.926 bits per heavy atom. The van der Waals surface area contributed by atoms with Crippen LogP contribution in [0.4, 0.5) is 0 Å². The maximum Gasteiger partial charge on any atom is 0.220 e. The van der Waals surface area contributed by atoms with Crippen LogP contribution in [0.15, 0.2) is 47.8 Å². The molecule has 2 heterocycles. The molecule has 0 atom stereocenters. The Morgan fingerprint density at radius 3 is 2.44 bits per heavy atom. The summed E-state index contributed by atoms with van der Waals surface area (Å²) in [4.78, 5) is 0. The molecule has 2 aromatic carbocycles. The minimum absolute atomic E-state index is 0.649. The van der Waals surface area contributed by atoms with Crippen LogP contribution in [-0.2, 0) is 7.05 Å². The molecule has 0 aliphatic rings. The maximum atomic E-state index is 2.42. The quantitative estimate of drug-likeness (QED) is 0.336. The lowest BCUT2D eigenvalue weighted by molar-refractivity contribution is -0.665. The zero-order valence-electron chi connectivity index (χ0n) is 17.0. The zero-order valence-corrected chi connectivity index (χ0v) is 17.8. The summed E-state index contributed by atoms with van der Waals surface area (Å²) in [6.45, 7) is 9.03. The van der Waals surface area contributed by atoms with Gasteiger partial charge in [0.1, 0.15) is 7.05 Å². The summed E-state index contributed by atoms with van der Waals surface area (Å²) in [5, 5.41) is 6.23. The highest BCUT2D eigenvalue weighted by molar-refractivity contribution is 7.17. The second kappa shape index (κ2) is 7.09. The number of thiophene rings is 1. The summed E-state index contributed by atoms with van der Waals surface area (Å²) in [6.07, 6.45) is 2.39. The van der Waals surface area contributed by atoms with Crippen molar-refractivity contribution < 1.29 is 4.57 Å². The minimum atomic E-state index is 0.649. The third-order valence-corrected chi connectivity index (χ3v) is 6.95. The van der Waals surface area contributed by atoms with Crippen molar-refractivity contribution in [3.05, 3.63) is 64.7 Å². The van der Waals surface area contributed by atoms with E-state index in [-0.39, 0.29) is 0 Å². The van der Waals surface area contributed by atoms with Crippen LogP contribution in [-0.4, -0.2) is 0 Å². The molecule has 2 heteroatoms. The third-order valence-electron chi connectivity index (χ3n) is 6.07. The topological polar surface area (TPSA) is 3.88 Å². The van der Waals surface area contributed by atoms with Crippen molar-refractivity contribution in [3.63, 3.8) is 0 Å². The average Bonchev–Trinajstić information content (AvgIpc) is 3.10. The summed E-state index contributed by atoms with van der Waals surface area (Å²) >= 11 is 1.82. The molecule has 0 N–H and O–H groups in total. The molecule has 1 nitrogen and oxygen atoms in total. The van der Waals surface area contributed by atoms with Crippen molar-refractivity contribution in [1.82, 2.24) is 0 Å². The Labute approximate surface area is 166 Å². The number of fused-ring (bicyclic) bond motifs is 2. The van der Waals surface area contributed by atoms with E-state index in [2.05, 4.69) is 87.2 Å². The Balaban J connectivity index is 2.01. The molecular weight excluding hydrogens is 346 g/mol. The Kier molecular flexibility index (Phi) is 4.77. The number of hydrogen-bond acceptors (Lipinski definition) is 1. The van der Waals surface area contributed by atoms with Gasteiger partial charge in [-0.3, -0.25) is 0 Å². The van der Waals surface area contributed by atoms with Crippen molar-refractivity contribution in [2.45, 2.75) is 46.5 Å². The molecule has 0 saturated carbocycles. The Bertz CT molecular complexity index is 1130. The first kappa shape index (κ1) is 18.2. The summed E-state index contributed by atoms with van der Waals surface area (Å²) in [6, 6.07) is 16.4. The molecule has 2 aromatic heterocycles. The third kappa shape index (κ3) is 3.06. The van der Waals surface area contributed by atoms with Gasteiger partial charge in [0.2, 0.25) is 5.69 Å². The van der Waals surface area contributed by atoms with Gasteiger partial charge < -0.3 is 0 Å². The van der Waals surface area contributed by atoms with Gasteiger partial charge in [0, 0.05) is 17.7 Å². The number of nitrogens with zero attached hydrogens (tertiary/aromatic N) is 1. The van der Waals surface area contributed by atoms with Gasteiger partial charge in [-0.15, -0.1) is 11.3 Å². The van der Waals surface area contributed by atoms with Crippen LogP contribution in [0.5, 0.6) is 0 Å². The summed E-state index contributed by atoms with van der Waals surface area (Å²) in [5.41, 5.74) is 6.78. The molecule has 0 unspecified atom stereocenters. The SMILES string of the molecule is CCC(CC)c1ccc2c(-c3cc4sccc4cc3C)[n+](C)c(C)cc2c1. The molecule has 4 aromatic rings. The number of benzene rings is 2. The Morgan fingerprint density at radius 2 is 1.70 bits per heavy atom. The van der Waals surface area contributed by atoms with Gasteiger partial charge in [0.25, 0.3) is 0 Å². The van der Waals surface area contributed by atoms with Gasteiger partial charge in [-0.1, -0.05) is 26.0 Å². The second-order valence-electron chi connectivity index (χ2n) is 7.68. The number of aryl methyl sites for hydroxylation is 2. The normalized spacial score (nSPS) is 11.8. The fourth-order valence-corrected chi connectivity index (χ4v) is 5.12. The van der Waals surface area contributed by atoms with Gasteiger partial charge in [-0.25, -0.2) is 0 Å². The van der Waals surface area contributed by atoms with Gasteiger partial charge in [0.05, 0.1) is 10.9 Å². The highest BCUT2D eigenvalue weighted by Crippen LogP contribution is 2.35. The van der Waals surface area contributed by atoms with E-state index in [1.807, 2.05) is 11.3 Å². The molecule has 0 saturated heterocycles. The minimum Gasteiger partial charge on any atom is -0.198 e. The molecule has 0 fully saturated rings. The lowest BCUT2D eigenvalue weighted by Crippen LogP contribution is -2.35. The maximum absolute atomic E-state index is 2.42. The van der Waals surface area contributed by atoms with E-state index in [1.165, 1.54) is 61.8 Å². The molecule has 0 aliphatic carbocycles. The van der Waals surface area contributed by atoms with E-state index in [0.29, 0.717) is 5.92 Å². The fraction of sp³-hybridized carbons (Fsp3) is 0.320. The van der Waals surface area contributed by atoms with Gasteiger partial charge in [-0.05, 0) is 77.2 Å². The van der Waals surface area contributed by atoms with E-state index >= 15 is 0 Å². The molecule has 4 rings (SSSR count). The van der Waals surface area contributed by atoms with E-state index in [9.17, 15) is 0 Å². The zero-order chi connectivity index (χ0) is 19.1. The molecule has 0 aliphatic heterocycles. The first-order chi connectivity index (χ1) is 13.0. The molecule has 0 amide bonds. The van der Waals surface area contributed by atoms with Gasteiger partial charge >= 0.3 is 0 Å². The molecule has 27 heavy (non-hydrogen) atoms. The fourth-order valence-electron chi connectivity index (χ4n) is 4.31. The van der Waals surface area contributed by atoms with Crippen molar-refractivity contribution in [2.75, 3.05) is 0 Å². The van der Waals surface area contributed by atoms with Crippen molar-refractivity contribution >= 4 is 32.2 Å². The second-order valence-corrected chi connectivity index (χ2v) is 8.63. The van der Waals surface area contributed by atoms with Crippen molar-refractivity contribution in [1.29, 1.82) is 0 Å². The standard InChI is InChI=1S/C25H28NS/c1-6-18(7-2)19-8-9-22-21(14-19)13-17(4)26(5)25(22)23-15-24-20(10-11-27-24)12-16(23)3/h8-15,18H,6-7H2,1-5H3/q+1. The lowest BCUT2D eigenvalue weighted by Gasteiger charge is -2.15. The van der Waals surface area contributed by atoms with E-state index in [1.54, 1.807) is 0 Å². The Hall–Kier alpha value is -2.19. The molecule has 138 valence electrons. The van der Waals surface area contributed by atoms with Crippen LogP contribution >= 0.6 is 11.3 Å². The number of pyridine rings is 1. The van der Waals surface area contributed by atoms with Crippen LogP contribution in [0.3, 0.4) is 0 Å². The number of hydrogen-bond donors (Lipinski definition) is 0. The first-order valence-electron chi connectivity index (χ1n) is 9.95. The average molecular weight is 375 g/mol. The lowest BCUT2D eigenvalue weighted by atomic mass is 9.90. The van der Waals surface area contributed by atoms with Crippen molar-refractivity contribution in [3.8, 4) is 11.3 Å². The highest BCUT2D eigenvalue weighted by Gasteiger charge is 2.21. The largest absolute Gasteiger partial charge is 0.220 e. The monoisotopic (exact) mass is 374 g/mol. The summed E-state index contributed by atoms with van der Waals surface area (Å²) in [5.74, 6) is 0.649. The smallest absolute Gasteiger partial charge is 0.198 e. The number of rotatable bonds is 4. The van der Waals surface area contributed by atoms with Crippen molar-refractivity contribution in [2.24, 2.45) is 7.05 Å². The van der Waals surface area contributed by atoms with Crippen LogP contribution in [0.25, 0.3) is 32.1 Å². The summed E-state index contributed by atoms with van der Waals surface area (Å²) in [7, 11) is 2.19. The molecule has 0 bridgehead atoms.